The molecule has 2 N–H and O–H groups in total. The van der Waals surface area contributed by atoms with Crippen LogP contribution in [0.3, 0.4) is 0 Å². The van der Waals surface area contributed by atoms with Crippen LogP contribution in [0.1, 0.15) is 57.8 Å². The number of rotatable bonds is 6. The second kappa shape index (κ2) is 9.47. The van der Waals surface area contributed by atoms with E-state index in [0.717, 1.165) is 0 Å². The van der Waals surface area contributed by atoms with E-state index in [2.05, 4.69) is 15.8 Å². The van der Waals surface area contributed by atoms with Crippen molar-refractivity contribution in [2.24, 2.45) is 5.10 Å². The minimum absolute atomic E-state index is 0.106. The normalized spacial score (nSPS) is 13.9. The molecule has 0 fully saturated rings. The zero-order chi connectivity index (χ0) is 22.5. The molecule has 0 saturated heterocycles. The highest BCUT2D eigenvalue weighted by atomic mass is 32.1. The van der Waals surface area contributed by atoms with Gasteiger partial charge >= 0.3 is 5.97 Å². The molecule has 1 aromatic carbocycles. The summed E-state index contributed by atoms with van der Waals surface area (Å²) in [6, 6.07) is 5.59. The molecule has 1 aliphatic carbocycles. The van der Waals surface area contributed by atoms with Gasteiger partial charge in [0.2, 0.25) is 5.91 Å². The molecule has 31 heavy (non-hydrogen) atoms. The number of amides is 2. The van der Waals surface area contributed by atoms with Gasteiger partial charge in [0.05, 0.1) is 27.7 Å². The van der Waals surface area contributed by atoms with E-state index in [4.69, 9.17) is 4.74 Å². The Bertz CT molecular complexity index is 1090. The number of esters is 1. The van der Waals surface area contributed by atoms with Crippen molar-refractivity contribution in [2.75, 3.05) is 11.9 Å². The Morgan fingerprint density at radius 1 is 1.26 bits per heavy atom. The van der Waals surface area contributed by atoms with E-state index in [1.165, 1.54) is 42.5 Å². The van der Waals surface area contributed by atoms with Crippen molar-refractivity contribution < 1.29 is 24.0 Å². The fourth-order valence-corrected chi connectivity index (χ4v) is 4.56. The summed E-state index contributed by atoms with van der Waals surface area (Å²) < 4.78 is 5.14. The Kier molecular flexibility index (Phi) is 6.75. The number of benzene rings is 1. The van der Waals surface area contributed by atoms with Gasteiger partial charge < -0.3 is 10.1 Å². The lowest BCUT2D eigenvalue weighted by molar-refractivity contribution is -0.385. The number of nitrogens with one attached hydrogen (secondary N) is 2. The quantitative estimate of drug-likeness (QED) is 0.398. The molecule has 1 heterocycles. The van der Waals surface area contributed by atoms with Crippen LogP contribution in [0.2, 0.25) is 0 Å². The molecule has 0 unspecified atom stereocenters. The summed E-state index contributed by atoms with van der Waals surface area (Å²) in [5, 5.41) is 18.4. The molecule has 0 atom stereocenters. The van der Waals surface area contributed by atoms with Gasteiger partial charge in [-0.2, -0.15) is 5.10 Å². The molecule has 2 aromatic rings. The van der Waals surface area contributed by atoms with Gasteiger partial charge in [-0.3, -0.25) is 19.7 Å². The number of ether oxygens (including phenoxy) is 1. The molecular formula is C20H20N4O6S. The van der Waals surface area contributed by atoms with E-state index in [0.29, 0.717) is 46.0 Å². The molecule has 0 spiro atoms. The molecule has 10 nitrogen and oxygen atoms in total. The summed E-state index contributed by atoms with van der Waals surface area (Å²) in [4.78, 5) is 47.8. The predicted octanol–water partition coefficient (Wildman–Crippen LogP) is 3.26. The third-order valence-corrected chi connectivity index (χ3v) is 5.71. The summed E-state index contributed by atoms with van der Waals surface area (Å²) in [6.07, 6.45) is 1.80. The monoisotopic (exact) mass is 444 g/mol. The highest BCUT2D eigenvalue weighted by Crippen LogP contribution is 2.39. The summed E-state index contributed by atoms with van der Waals surface area (Å²) >= 11 is 1.19. The fourth-order valence-electron chi connectivity index (χ4n) is 3.26. The maximum absolute atomic E-state index is 12.5. The molecule has 0 aliphatic heterocycles. The van der Waals surface area contributed by atoms with Crippen molar-refractivity contribution in [2.45, 2.75) is 33.1 Å². The first-order chi connectivity index (χ1) is 14.8. The van der Waals surface area contributed by atoms with Gasteiger partial charge in [-0.05, 0) is 37.8 Å². The smallest absolute Gasteiger partial charge is 0.341 e. The highest BCUT2D eigenvalue weighted by Gasteiger charge is 2.30. The average Bonchev–Trinajstić information content (AvgIpc) is 3.09. The number of nitro groups is 1. The lowest BCUT2D eigenvalue weighted by Gasteiger charge is -2.15. The van der Waals surface area contributed by atoms with Crippen LogP contribution < -0.4 is 10.7 Å². The first-order valence-corrected chi connectivity index (χ1v) is 10.4. The third-order valence-electron chi connectivity index (χ3n) is 4.52. The van der Waals surface area contributed by atoms with Gasteiger partial charge in [-0.15, -0.1) is 11.3 Å². The Hall–Kier alpha value is -3.60. The number of nitrogens with zero attached hydrogens (tertiary/aromatic N) is 2. The van der Waals surface area contributed by atoms with Crippen molar-refractivity contribution in [3.8, 4) is 0 Å². The van der Waals surface area contributed by atoms with Crippen LogP contribution >= 0.6 is 11.3 Å². The van der Waals surface area contributed by atoms with Crippen molar-refractivity contribution in [3.05, 3.63) is 55.9 Å². The molecule has 162 valence electrons. The van der Waals surface area contributed by atoms with Gasteiger partial charge in [-0.25, -0.2) is 10.2 Å². The average molecular weight is 444 g/mol. The van der Waals surface area contributed by atoms with E-state index >= 15 is 0 Å². The van der Waals surface area contributed by atoms with Crippen molar-refractivity contribution in [1.29, 1.82) is 0 Å². The summed E-state index contributed by atoms with van der Waals surface area (Å²) in [7, 11) is 0. The molecule has 1 aromatic heterocycles. The Morgan fingerprint density at radius 2 is 2.00 bits per heavy atom. The molecule has 1 aliphatic rings. The molecular weight excluding hydrogens is 424 g/mol. The molecule has 2 amide bonds. The van der Waals surface area contributed by atoms with E-state index < -0.39 is 16.8 Å². The topological polar surface area (TPSA) is 140 Å². The van der Waals surface area contributed by atoms with Crippen LogP contribution in [0, 0.1) is 10.1 Å². The molecule has 3 rings (SSSR count). The SMILES string of the molecule is CCOC(=O)c1c(NC(C)=O)sc2c1CCC/C2=N\NC(=O)c1ccccc1[N+](=O)[O-]. The first-order valence-electron chi connectivity index (χ1n) is 9.54. The first kappa shape index (κ1) is 22.1. The minimum Gasteiger partial charge on any atom is -0.462 e. The van der Waals surface area contributed by atoms with Crippen LogP contribution in [0.25, 0.3) is 0 Å². The second-order valence-corrected chi connectivity index (χ2v) is 7.66. The van der Waals surface area contributed by atoms with E-state index in [1.807, 2.05) is 0 Å². The number of anilines is 1. The van der Waals surface area contributed by atoms with Gasteiger partial charge in [-0.1, -0.05) is 12.1 Å². The zero-order valence-corrected chi connectivity index (χ0v) is 17.7. The lowest BCUT2D eigenvalue weighted by atomic mass is 9.94. The maximum atomic E-state index is 12.5. The number of carbonyl (C=O) groups is 3. The van der Waals surface area contributed by atoms with Gasteiger partial charge in [0, 0.05) is 13.0 Å². The van der Waals surface area contributed by atoms with Crippen LogP contribution in [0.5, 0.6) is 0 Å². The van der Waals surface area contributed by atoms with Crippen LogP contribution in [0.4, 0.5) is 10.7 Å². The number of fused-ring (bicyclic) bond motifs is 1. The number of hydrazone groups is 1. The standard InChI is InChI=1S/C20H20N4O6S/c1-3-30-20(27)16-13-8-6-9-14(17(13)31-19(16)21-11(2)25)22-23-18(26)12-7-4-5-10-15(12)24(28)29/h4-5,7,10H,3,6,8-9H2,1-2H3,(H,21,25)(H,23,26)/b22-14+. The molecule has 0 radical (unpaired) electrons. The molecule has 11 heteroatoms. The van der Waals surface area contributed by atoms with Gasteiger partial charge in [0.1, 0.15) is 10.6 Å². The number of para-hydroxylation sites is 1. The summed E-state index contributed by atoms with van der Waals surface area (Å²) in [6.45, 7) is 3.23. The largest absolute Gasteiger partial charge is 0.462 e. The van der Waals surface area contributed by atoms with Crippen molar-refractivity contribution in [1.82, 2.24) is 5.43 Å². The predicted molar refractivity (Wildman–Crippen MR) is 115 cm³/mol. The second-order valence-electron chi connectivity index (χ2n) is 6.64. The third kappa shape index (κ3) is 4.77. The Morgan fingerprint density at radius 3 is 2.68 bits per heavy atom. The van der Waals surface area contributed by atoms with Gasteiger partial charge in [0.25, 0.3) is 11.6 Å². The lowest BCUT2D eigenvalue weighted by Crippen LogP contribution is -2.22. The summed E-state index contributed by atoms with van der Waals surface area (Å²) in [5.74, 6) is -1.57. The molecule has 0 saturated carbocycles. The zero-order valence-electron chi connectivity index (χ0n) is 16.9. The Labute approximate surface area is 181 Å². The van der Waals surface area contributed by atoms with Gasteiger partial charge in [0.15, 0.2) is 0 Å². The minimum atomic E-state index is -0.712. The number of hydrogen-bond donors (Lipinski definition) is 2. The van der Waals surface area contributed by atoms with E-state index in [9.17, 15) is 24.5 Å². The van der Waals surface area contributed by atoms with Crippen LogP contribution in [-0.4, -0.2) is 35.0 Å². The van der Waals surface area contributed by atoms with E-state index in [-0.39, 0.29) is 23.8 Å². The maximum Gasteiger partial charge on any atom is 0.341 e. The van der Waals surface area contributed by atoms with Crippen LogP contribution in [-0.2, 0) is 16.0 Å². The number of carbonyl (C=O) groups excluding carboxylic acids is 3. The fraction of sp³-hybridized carbons (Fsp3) is 0.300. The number of hydrogen-bond acceptors (Lipinski definition) is 8. The number of thiophene rings is 1. The summed E-state index contributed by atoms with van der Waals surface area (Å²) in [5.41, 5.74) is 3.48. The van der Waals surface area contributed by atoms with Crippen molar-refractivity contribution >= 4 is 45.5 Å². The van der Waals surface area contributed by atoms with E-state index in [1.54, 1.807) is 6.92 Å². The van der Waals surface area contributed by atoms with Crippen LogP contribution in [0.15, 0.2) is 29.4 Å². The molecule has 0 bridgehead atoms. The number of nitro benzene ring substituents is 1. The highest BCUT2D eigenvalue weighted by molar-refractivity contribution is 7.19. The van der Waals surface area contributed by atoms with Crippen molar-refractivity contribution in [3.63, 3.8) is 0 Å². The Balaban J connectivity index is 1.95.